The fourth-order valence-corrected chi connectivity index (χ4v) is 4.18. The van der Waals surface area contributed by atoms with E-state index < -0.39 is 0 Å². The minimum absolute atomic E-state index is 1.07. The van der Waals surface area contributed by atoms with Gasteiger partial charge in [0.2, 0.25) is 0 Å². The van der Waals surface area contributed by atoms with E-state index in [1.54, 1.807) is 34.0 Å². The van der Waals surface area contributed by atoms with Crippen LogP contribution in [-0.2, 0) is 0 Å². The molecule has 0 aliphatic carbocycles. The fraction of sp³-hybridized carbons (Fsp3) is 0. The van der Waals surface area contributed by atoms with Crippen LogP contribution in [0.15, 0.2) is 95.2 Å². The summed E-state index contributed by atoms with van der Waals surface area (Å²) in [5, 5.41) is 8.47. The Balaban J connectivity index is 1.40. The van der Waals surface area contributed by atoms with Gasteiger partial charge in [-0.15, -0.1) is 0 Å². The second kappa shape index (κ2) is 6.98. The molecule has 24 heavy (non-hydrogen) atoms. The summed E-state index contributed by atoms with van der Waals surface area (Å²) in [7, 11) is 3.49. The van der Waals surface area contributed by atoms with Crippen LogP contribution in [0.25, 0.3) is 11.4 Å². The van der Waals surface area contributed by atoms with E-state index in [9.17, 15) is 0 Å². The molecule has 0 bridgehead atoms. The normalized spacial score (nSPS) is 10.8. The van der Waals surface area contributed by atoms with Gasteiger partial charge in [0.1, 0.15) is 0 Å². The van der Waals surface area contributed by atoms with E-state index in [4.69, 9.17) is 0 Å². The van der Waals surface area contributed by atoms with Crippen molar-refractivity contribution < 1.29 is 0 Å². The molecule has 4 aromatic rings. The van der Waals surface area contributed by atoms with Crippen LogP contribution < -0.4 is 0 Å². The Bertz CT molecular complexity index is 806. The van der Waals surface area contributed by atoms with E-state index in [1.165, 1.54) is 9.79 Å². The maximum Gasteiger partial charge on any atom is 0.0646 e. The molecule has 0 aliphatic heterocycles. The van der Waals surface area contributed by atoms with Crippen LogP contribution in [0.2, 0.25) is 0 Å². The van der Waals surface area contributed by atoms with Crippen LogP contribution in [0.3, 0.4) is 0 Å². The summed E-state index contributed by atoms with van der Waals surface area (Å²) < 4.78 is 3.71. The zero-order valence-electron chi connectivity index (χ0n) is 12.7. The van der Waals surface area contributed by atoms with Gasteiger partial charge in [-0.1, -0.05) is 21.6 Å². The van der Waals surface area contributed by atoms with E-state index in [0.717, 1.165) is 11.4 Å². The van der Waals surface area contributed by atoms with E-state index in [1.807, 2.05) is 33.9 Å². The molecule has 0 radical (unpaired) electrons. The molecule has 6 heteroatoms. The highest BCUT2D eigenvalue weighted by atomic mass is 33.1. The quantitative estimate of drug-likeness (QED) is 0.482. The highest BCUT2D eigenvalue weighted by molar-refractivity contribution is 8.76. The van der Waals surface area contributed by atoms with E-state index >= 15 is 0 Å². The maximum absolute atomic E-state index is 4.24. The van der Waals surface area contributed by atoms with Crippen LogP contribution in [0, 0.1) is 0 Å². The average Bonchev–Trinajstić information content (AvgIpc) is 3.34. The summed E-state index contributed by atoms with van der Waals surface area (Å²) in [5.41, 5.74) is 2.14. The predicted molar refractivity (Wildman–Crippen MR) is 98.8 cm³/mol. The molecule has 0 unspecified atom stereocenters. The molecule has 2 heterocycles. The van der Waals surface area contributed by atoms with Crippen LogP contribution in [0.5, 0.6) is 0 Å². The Hall–Kier alpha value is -2.44. The Morgan fingerprint density at radius 3 is 1.33 bits per heavy atom. The minimum atomic E-state index is 1.07. The zero-order valence-corrected chi connectivity index (χ0v) is 14.3. The molecule has 0 saturated carbocycles. The molecule has 0 N–H and O–H groups in total. The summed E-state index contributed by atoms with van der Waals surface area (Å²) in [5.74, 6) is 0. The first kappa shape index (κ1) is 15.1. The molecular formula is C18H14N4S2. The molecule has 4 nitrogen and oxygen atoms in total. The number of nitrogens with zero attached hydrogens (tertiary/aromatic N) is 4. The van der Waals surface area contributed by atoms with Gasteiger partial charge in [-0.25, -0.2) is 9.36 Å². The lowest BCUT2D eigenvalue weighted by molar-refractivity contribution is 0.879. The summed E-state index contributed by atoms with van der Waals surface area (Å²) in [6.07, 6.45) is 7.45. The predicted octanol–water partition coefficient (Wildman–Crippen LogP) is 4.86. The second-order valence-electron chi connectivity index (χ2n) is 5.06. The first-order chi connectivity index (χ1) is 11.9. The number of benzene rings is 2. The molecule has 0 fully saturated rings. The standard InChI is InChI=1S/C18H14N4S2/c1-11-19-21(13-1)15-3-7-17(8-4-15)23-24-18-9-5-16(6-10-18)22-14-2-12-20-22/h1-14H. The highest BCUT2D eigenvalue weighted by Crippen LogP contribution is 2.37. The van der Waals surface area contributed by atoms with Crippen molar-refractivity contribution in [1.29, 1.82) is 0 Å². The average molecular weight is 350 g/mol. The third-order valence-corrected chi connectivity index (χ3v) is 5.86. The van der Waals surface area contributed by atoms with E-state index in [0.29, 0.717) is 0 Å². The van der Waals surface area contributed by atoms with Crippen molar-refractivity contribution in [2.45, 2.75) is 9.79 Å². The van der Waals surface area contributed by atoms with Gasteiger partial charge in [-0.05, 0) is 60.7 Å². The van der Waals surface area contributed by atoms with Crippen LogP contribution in [0.1, 0.15) is 0 Å². The molecule has 0 atom stereocenters. The highest BCUT2D eigenvalue weighted by Gasteiger charge is 2.01. The van der Waals surface area contributed by atoms with Gasteiger partial charge in [0.25, 0.3) is 0 Å². The molecule has 0 spiro atoms. The summed E-state index contributed by atoms with van der Waals surface area (Å²) in [6.45, 7) is 0. The zero-order chi connectivity index (χ0) is 16.2. The molecule has 0 amide bonds. The lowest BCUT2D eigenvalue weighted by Crippen LogP contribution is -1.93. The van der Waals surface area contributed by atoms with Crippen LogP contribution >= 0.6 is 21.6 Å². The summed E-state index contributed by atoms with van der Waals surface area (Å²) >= 11 is 0. The molecule has 0 aliphatic rings. The molecule has 118 valence electrons. The van der Waals surface area contributed by atoms with Crippen molar-refractivity contribution in [2.75, 3.05) is 0 Å². The molecule has 4 rings (SSSR count). The molecular weight excluding hydrogens is 336 g/mol. The minimum Gasteiger partial charge on any atom is -0.241 e. The van der Waals surface area contributed by atoms with Crippen LogP contribution in [0.4, 0.5) is 0 Å². The Morgan fingerprint density at radius 1 is 0.583 bits per heavy atom. The van der Waals surface area contributed by atoms with E-state index in [2.05, 4.69) is 58.7 Å². The molecule has 2 aromatic carbocycles. The third kappa shape index (κ3) is 3.39. The topological polar surface area (TPSA) is 35.6 Å². The van der Waals surface area contributed by atoms with Crippen molar-refractivity contribution in [3.8, 4) is 11.4 Å². The summed E-state index contributed by atoms with van der Waals surface area (Å²) in [4.78, 5) is 2.43. The largest absolute Gasteiger partial charge is 0.241 e. The number of rotatable bonds is 5. The van der Waals surface area contributed by atoms with Gasteiger partial charge < -0.3 is 0 Å². The van der Waals surface area contributed by atoms with Gasteiger partial charge in [0.05, 0.1) is 11.4 Å². The fourth-order valence-electron chi connectivity index (χ4n) is 2.25. The van der Waals surface area contributed by atoms with Crippen molar-refractivity contribution >= 4 is 21.6 Å². The van der Waals surface area contributed by atoms with Crippen molar-refractivity contribution in [3.63, 3.8) is 0 Å². The van der Waals surface area contributed by atoms with Gasteiger partial charge in [0.15, 0.2) is 0 Å². The van der Waals surface area contributed by atoms with E-state index in [-0.39, 0.29) is 0 Å². The maximum atomic E-state index is 4.24. The second-order valence-corrected chi connectivity index (χ2v) is 7.33. The number of hydrogen-bond acceptors (Lipinski definition) is 4. The van der Waals surface area contributed by atoms with Crippen molar-refractivity contribution in [2.24, 2.45) is 0 Å². The molecule has 0 saturated heterocycles. The summed E-state index contributed by atoms with van der Waals surface area (Å²) in [6, 6.07) is 20.6. The van der Waals surface area contributed by atoms with Gasteiger partial charge in [-0.3, -0.25) is 0 Å². The smallest absolute Gasteiger partial charge is 0.0646 e. The van der Waals surface area contributed by atoms with Crippen molar-refractivity contribution in [3.05, 3.63) is 85.5 Å². The molecule has 2 aromatic heterocycles. The Morgan fingerprint density at radius 2 is 1.00 bits per heavy atom. The number of aromatic nitrogens is 4. The van der Waals surface area contributed by atoms with Crippen molar-refractivity contribution in [1.82, 2.24) is 19.6 Å². The lowest BCUT2D eigenvalue weighted by Gasteiger charge is -2.05. The first-order valence-electron chi connectivity index (χ1n) is 7.43. The number of hydrogen-bond donors (Lipinski definition) is 0. The first-order valence-corrected chi connectivity index (χ1v) is 9.58. The van der Waals surface area contributed by atoms with Crippen LogP contribution in [-0.4, -0.2) is 19.6 Å². The Kier molecular flexibility index (Phi) is 4.40. The third-order valence-electron chi connectivity index (χ3n) is 3.45. The van der Waals surface area contributed by atoms with Gasteiger partial charge in [-0.2, -0.15) is 10.2 Å². The van der Waals surface area contributed by atoms with Gasteiger partial charge >= 0.3 is 0 Å². The van der Waals surface area contributed by atoms with Gasteiger partial charge in [0, 0.05) is 34.6 Å². The lowest BCUT2D eigenvalue weighted by atomic mass is 10.3. The SMILES string of the molecule is c1cnn(-c2ccc(SSc3ccc(-n4cccn4)cc3)cc2)c1. The monoisotopic (exact) mass is 350 g/mol. The Labute approximate surface area is 147 Å².